The first-order chi connectivity index (χ1) is 22.2. The van der Waals surface area contributed by atoms with E-state index in [1.54, 1.807) is 24.8 Å². The summed E-state index contributed by atoms with van der Waals surface area (Å²) in [6.07, 6.45) is 6.82. The monoisotopic (exact) mass is 612 g/mol. The van der Waals surface area contributed by atoms with Crippen LogP contribution in [-0.2, 0) is 11.6 Å². The standard InChI is InChI=1S/2C16H10N4O.O2S/c2*1-3-7-13-11(5-1)9-17-19-15(13)21-16-14-8-4-2-6-12(14)10-18-20-16;1-3-2/h2*1-10H;. The van der Waals surface area contributed by atoms with Crippen LogP contribution in [0.4, 0.5) is 0 Å². The van der Waals surface area contributed by atoms with Gasteiger partial charge >= 0.3 is 11.6 Å². The Hall–Kier alpha value is -6.34. The topological polar surface area (TPSA) is 156 Å². The average molecular weight is 613 g/mol. The summed E-state index contributed by atoms with van der Waals surface area (Å²) in [5.41, 5.74) is 0. The van der Waals surface area contributed by atoms with Crippen LogP contribution in [0.5, 0.6) is 23.5 Å². The zero-order valence-electron chi connectivity index (χ0n) is 23.2. The summed E-state index contributed by atoms with van der Waals surface area (Å²) in [5.74, 6) is 1.72. The zero-order chi connectivity index (χ0) is 30.8. The second-order valence-electron chi connectivity index (χ2n) is 9.22. The Morgan fingerprint density at radius 2 is 0.600 bits per heavy atom. The van der Waals surface area contributed by atoms with E-state index in [-0.39, 0.29) is 0 Å². The summed E-state index contributed by atoms with van der Waals surface area (Å²) in [7, 11) is 0. The van der Waals surface area contributed by atoms with Crippen LogP contribution in [0.15, 0.2) is 122 Å². The molecular weight excluding hydrogens is 592 g/mol. The van der Waals surface area contributed by atoms with Crippen LogP contribution in [0.1, 0.15) is 0 Å². The van der Waals surface area contributed by atoms with Crippen LogP contribution >= 0.6 is 0 Å². The van der Waals surface area contributed by atoms with Gasteiger partial charge in [0.1, 0.15) is 0 Å². The summed E-state index contributed by atoms with van der Waals surface area (Å²) in [4.78, 5) is 0. The molecule has 0 spiro atoms. The Morgan fingerprint density at radius 1 is 0.378 bits per heavy atom. The van der Waals surface area contributed by atoms with Crippen molar-refractivity contribution in [1.29, 1.82) is 0 Å². The molecule has 0 bridgehead atoms. The molecule has 0 radical (unpaired) electrons. The molecule has 13 heteroatoms. The van der Waals surface area contributed by atoms with Gasteiger partial charge in [0.05, 0.1) is 24.8 Å². The van der Waals surface area contributed by atoms with Crippen molar-refractivity contribution < 1.29 is 17.9 Å². The molecule has 8 aromatic rings. The first-order valence-electron chi connectivity index (χ1n) is 13.3. The van der Waals surface area contributed by atoms with E-state index >= 15 is 0 Å². The van der Waals surface area contributed by atoms with E-state index in [4.69, 9.17) is 17.9 Å². The number of benzene rings is 4. The van der Waals surface area contributed by atoms with Gasteiger partial charge in [-0.1, -0.05) is 72.8 Å². The summed E-state index contributed by atoms with van der Waals surface area (Å²) >= 11 is -0.750. The van der Waals surface area contributed by atoms with Crippen LogP contribution < -0.4 is 9.47 Å². The summed E-state index contributed by atoms with van der Waals surface area (Å²) in [5, 5.41) is 39.6. The van der Waals surface area contributed by atoms with Crippen LogP contribution in [0, 0.1) is 0 Å². The molecule has 0 fully saturated rings. The largest absolute Gasteiger partial charge is 0.416 e. The third-order valence-corrected chi connectivity index (χ3v) is 6.53. The van der Waals surface area contributed by atoms with E-state index < -0.39 is 11.6 Å². The van der Waals surface area contributed by atoms with E-state index in [0.29, 0.717) is 23.5 Å². The highest BCUT2D eigenvalue weighted by Crippen LogP contribution is 2.31. The predicted molar refractivity (Wildman–Crippen MR) is 167 cm³/mol. The fourth-order valence-electron chi connectivity index (χ4n) is 4.49. The normalized spacial score (nSPS) is 10.4. The molecule has 0 aliphatic heterocycles. The van der Waals surface area contributed by atoms with Gasteiger partial charge in [-0.05, 0) is 24.3 Å². The molecule has 45 heavy (non-hydrogen) atoms. The molecule has 0 aliphatic rings. The summed E-state index contributed by atoms with van der Waals surface area (Å²) in [6.45, 7) is 0. The number of fused-ring (bicyclic) bond motifs is 4. The summed E-state index contributed by atoms with van der Waals surface area (Å²) < 4.78 is 28.3. The lowest BCUT2D eigenvalue weighted by molar-refractivity contribution is 0.443. The Morgan fingerprint density at radius 3 is 0.844 bits per heavy atom. The molecule has 0 atom stereocenters. The van der Waals surface area contributed by atoms with Gasteiger partial charge in [-0.2, -0.15) is 28.8 Å². The minimum absolute atomic E-state index is 0.429. The molecule has 0 unspecified atom stereocenters. The third-order valence-electron chi connectivity index (χ3n) is 6.53. The van der Waals surface area contributed by atoms with Crippen molar-refractivity contribution in [3.05, 3.63) is 122 Å². The van der Waals surface area contributed by atoms with Crippen molar-refractivity contribution in [2.45, 2.75) is 0 Å². The number of hydrogen-bond donors (Lipinski definition) is 0. The molecule has 8 rings (SSSR count). The highest BCUT2D eigenvalue weighted by atomic mass is 32.1. The molecule has 0 aliphatic carbocycles. The fraction of sp³-hybridized carbons (Fsp3) is 0. The molecule has 0 N–H and O–H groups in total. The quantitative estimate of drug-likeness (QED) is 0.227. The lowest BCUT2D eigenvalue weighted by atomic mass is 10.2. The molecule has 218 valence electrons. The maximum atomic E-state index is 8.29. The smallest absolute Gasteiger partial charge is 0.335 e. The van der Waals surface area contributed by atoms with Crippen molar-refractivity contribution in [2.75, 3.05) is 0 Å². The van der Waals surface area contributed by atoms with E-state index in [0.717, 1.165) is 43.1 Å². The molecule has 0 saturated heterocycles. The molecule has 12 nitrogen and oxygen atoms in total. The SMILES string of the molecule is O=S=O.c1ccc2c(Oc3nncc4ccccc34)nncc2c1.c1ccc2c(Oc3nncc4ccccc34)nncc2c1. The van der Waals surface area contributed by atoms with Crippen LogP contribution in [0.25, 0.3) is 43.1 Å². The molecule has 4 heterocycles. The maximum Gasteiger partial charge on any atom is 0.335 e. The highest BCUT2D eigenvalue weighted by molar-refractivity contribution is 7.51. The van der Waals surface area contributed by atoms with Gasteiger partial charge in [0, 0.05) is 43.1 Å². The number of ether oxygens (including phenoxy) is 2. The van der Waals surface area contributed by atoms with Gasteiger partial charge in [-0.15, -0.1) is 20.4 Å². The molecule has 4 aromatic heterocycles. The second-order valence-corrected chi connectivity index (χ2v) is 9.36. The number of nitrogens with zero attached hydrogens (tertiary/aromatic N) is 8. The van der Waals surface area contributed by atoms with E-state index in [1.165, 1.54) is 0 Å². The lowest BCUT2D eigenvalue weighted by Gasteiger charge is -2.07. The fourth-order valence-corrected chi connectivity index (χ4v) is 4.49. The Bertz CT molecular complexity index is 1970. The minimum atomic E-state index is -0.750. The van der Waals surface area contributed by atoms with Crippen molar-refractivity contribution >= 4 is 54.7 Å². The van der Waals surface area contributed by atoms with Crippen LogP contribution in [0.2, 0.25) is 0 Å². The minimum Gasteiger partial charge on any atom is -0.416 e. The first kappa shape index (κ1) is 28.8. The van der Waals surface area contributed by atoms with E-state index in [1.807, 2.05) is 97.1 Å². The number of aromatic nitrogens is 8. The molecule has 0 amide bonds. The number of hydrogen-bond acceptors (Lipinski definition) is 12. The first-order valence-corrected chi connectivity index (χ1v) is 14.0. The highest BCUT2D eigenvalue weighted by Gasteiger charge is 2.11. The van der Waals surface area contributed by atoms with Gasteiger partial charge in [-0.3, -0.25) is 0 Å². The van der Waals surface area contributed by atoms with Crippen LogP contribution in [-0.4, -0.2) is 49.2 Å². The van der Waals surface area contributed by atoms with Gasteiger partial charge < -0.3 is 9.47 Å². The van der Waals surface area contributed by atoms with Crippen molar-refractivity contribution in [1.82, 2.24) is 40.8 Å². The summed E-state index contributed by atoms with van der Waals surface area (Å²) in [6, 6.07) is 31.2. The molecular formula is C32H20N8O4S. The Labute approximate surface area is 258 Å². The van der Waals surface area contributed by atoms with Crippen molar-refractivity contribution in [3.63, 3.8) is 0 Å². The number of rotatable bonds is 4. The Kier molecular flexibility index (Phi) is 8.79. The van der Waals surface area contributed by atoms with Gasteiger partial charge in [0.25, 0.3) is 0 Å². The van der Waals surface area contributed by atoms with E-state index in [9.17, 15) is 0 Å². The van der Waals surface area contributed by atoms with Crippen molar-refractivity contribution in [2.24, 2.45) is 0 Å². The molecule has 4 aromatic carbocycles. The molecule has 0 saturated carbocycles. The Balaban J connectivity index is 0.000000146. The van der Waals surface area contributed by atoms with Gasteiger partial charge in [-0.25, -0.2) is 0 Å². The van der Waals surface area contributed by atoms with E-state index in [2.05, 4.69) is 40.8 Å². The second kappa shape index (κ2) is 13.8. The lowest BCUT2D eigenvalue weighted by Crippen LogP contribution is -1.95. The average Bonchev–Trinajstić information content (AvgIpc) is 3.10. The maximum absolute atomic E-state index is 8.29. The predicted octanol–water partition coefficient (Wildman–Crippen LogP) is 6.06. The van der Waals surface area contributed by atoms with Gasteiger partial charge in [0.15, 0.2) is 0 Å². The zero-order valence-corrected chi connectivity index (χ0v) is 24.0. The third kappa shape index (κ3) is 6.53. The van der Waals surface area contributed by atoms with Gasteiger partial charge in [0.2, 0.25) is 23.5 Å². The van der Waals surface area contributed by atoms with Crippen molar-refractivity contribution in [3.8, 4) is 23.5 Å². The van der Waals surface area contributed by atoms with Crippen LogP contribution in [0.3, 0.4) is 0 Å².